The minimum Gasteiger partial charge on any atom is -0.359 e. The van der Waals surface area contributed by atoms with E-state index in [4.69, 9.17) is 0 Å². The summed E-state index contributed by atoms with van der Waals surface area (Å²) < 4.78 is 0. The third-order valence-corrected chi connectivity index (χ3v) is 3.07. The van der Waals surface area contributed by atoms with E-state index in [0.717, 1.165) is 12.5 Å². The fraction of sp³-hybridized carbons (Fsp3) is 0.833. The first kappa shape index (κ1) is 14.0. The van der Waals surface area contributed by atoms with Crippen LogP contribution >= 0.6 is 0 Å². The zero-order valence-electron chi connectivity index (χ0n) is 11.0. The number of amides is 2. The van der Waals surface area contributed by atoms with Crippen molar-refractivity contribution >= 4 is 11.8 Å². The molecule has 1 saturated carbocycles. The van der Waals surface area contributed by atoms with Crippen LogP contribution in [0.4, 0.5) is 0 Å². The highest BCUT2D eigenvalue weighted by molar-refractivity contribution is 5.81. The van der Waals surface area contributed by atoms with Crippen LogP contribution in [-0.4, -0.2) is 50.4 Å². The van der Waals surface area contributed by atoms with Crippen molar-refractivity contribution in [2.75, 3.05) is 33.7 Å². The van der Waals surface area contributed by atoms with Crippen LogP contribution in [0.2, 0.25) is 0 Å². The van der Waals surface area contributed by atoms with Crippen LogP contribution in [0.5, 0.6) is 0 Å². The minimum absolute atomic E-state index is 0.0319. The van der Waals surface area contributed by atoms with Gasteiger partial charge in [0, 0.05) is 20.6 Å². The average molecular weight is 241 g/mol. The Hall–Kier alpha value is -1.10. The average Bonchev–Trinajstić information content (AvgIpc) is 3.11. The molecule has 0 spiro atoms. The van der Waals surface area contributed by atoms with Crippen LogP contribution in [0.3, 0.4) is 0 Å². The zero-order valence-corrected chi connectivity index (χ0v) is 11.0. The summed E-state index contributed by atoms with van der Waals surface area (Å²) in [4.78, 5) is 24.7. The molecule has 17 heavy (non-hydrogen) atoms. The molecule has 0 heterocycles. The highest BCUT2D eigenvalue weighted by Gasteiger charge is 2.21. The highest BCUT2D eigenvalue weighted by atomic mass is 16.2. The van der Waals surface area contributed by atoms with Crippen LogP contribution in [-0.2, 0) is 9.59 Å². The Bertz CT molecular complexity index is 277. The van der Waals surface area contributed by atoms with Gasteiger partial charge in [-0.2, -0.15) is 0 Å². The Morgan fingerprint density at radius 2 is 2.06 bits per heavy atom. The minimum atomic E-state index is -0.169. The number of nitrogens with one attached hydrogen (secondary N) is 2. The first-order chi connectivity index (χ1) is 8.04. The number of carbonyl (C=O) groups is 2. The Morgan fingerprint density at radius 3 is 2.59 bits per heavy atom. The predicted molar refractivity (Wildman–Crippen MR) is 66.5 cm³/mol. The number of rotatable bonds is 7. The van der Waals surface area contributed by atoms with E-state index in [1.54, 1.807) is 19.0 Å². The molecule has 1 atom stereocenters. The van der Waals surface area contributed by atoms with E-state index in [9.17, 15) is 9.59 Å². The first-order valence-electron chi connectivity index (χ1n) is 6.20. The molecule has 1 fully saturated rings. The Kier molecular flexibility index (Phi) is 5.41. The monoisotopic (exact) mass is 241 g/mol. The summed E-state index contributed by atoms with van der Waals surface area (Å²) in [6, 6.07) is 0. The van der Waals surface area contributed by atoms with E-state index in [1.165, 1.54) is 12.8 Å². The van der Waals surface area contributed by atoms with Gasteiger partial charge in [-0.3, -0.25) is 9.59 Å². The molecule has 5 nitrogen and oxygen atoms in total. The number of hydrogen-bond acceptors (Lipinski definition) is 3. The summed E-state index contributed by atoms with van der Waals surface area (Å²) in [6.07, 6.45) is 2.56. The molecule has 1 rings (SSSR count). The largest absolute Gasteiger partial charge is 0.359 e. The fourth-order valence-electron chi connectivity index (χ4n) is 1.68. The number of nitrogens with zero attached hydrogens (tertiary/aromatic N) is 1. The van der Waals surface area contributed by atoms with Gasteiger partial charge in [-0.15, -0.1) is 0 Å². The van der Waals surface area contributed by atoms with Crippen molar-refractivity contribution in [1.29, 1.82) is 0 Å². The highest BCUT2D eigenvalue weighted by Crippen LogP contribution is 2.27. The first-order valence-corrected chi connectivity index (χ1v) is 6.20. The van der Waals surface area contributed by atoms with Crippen molar-refractivity contribution in [3.05, 3.63) is 0 Å². The van der Waals surface area contributed by atoms with Crippen LogP contribution in [0.15, 0.2) is 0 Å². The molecule has 1 aliphatic carbocycles. The van der Waals surface area contributed by atoms with Crippen LogP contribution in [0.1, 0.15) is 19.8 Å². The molecule has 98 valence electrons. The molecule has 0 aromatic carbocycles. The SMILES string of the molecule is CNC(=O)C(C)CN(C)C(=O)CNCC1CC1. The van der Waals surface area contributed by atoms with Gasteiger partial charge in [0.25, 0.3) is 0 Å². The second kappa shape index (κ2) is 6.59. The van der Waals surface area contributed by atoms with E-state index < -0.39 is 0 Å². The molecular formula is C12H23N3O2. The maximum absolute atomic E-state index is 11.7. The Balaban J connectivity index is 2.17. The van der Waals surface area contributed by atoms with Gasteiger partial charge in [0.1, 0.15) is 0 Å². The number of likely N-dealkylation sites (N-methyl/N-ethyl adjacent to an activating group) is 1. The molecule has 0 saturated heterocycles. The Labute approximate surface area is 103 Å². The lowest BCUT2D eigenvalue weighted by atomic mass is 10.1. The molecule has 1 aliphatic rings. The summed E-state index contributed by atoms with van der Waals surface area (Å²) in [5.74, 6) is 0.618. The molecule has 5 heteroatoms. The predicted octanol–water partition coefficient (Wildman–Crippen LogP) is -0.173. The van der Waals surface area contributed by atoms with Gasteiger partial charge >= 0.3 is 0 Å². The summed E-state index contributed by atoms with van der Waals surface area (Å²) in [6.45, 7) is 3.59. The fourth-order valence-corrected chi connectivity index (χ4v) is 1.68. The third-order valence-electron chi connectivity index (χ3n) is 3.07. The van der Waals surface area contributed by atoms with Crippen molar-refractivity contribution in [3.63, 3.8) is 0 Å². The topological polar surface area (TPSA) is 61.4 Å². The van der Waals surface area contributed by atoms with Crippen molar-refractivity contribution in [2.45, 2.75) is 19.8 Å². The van der Waals surface area contributed by atoms with Crippen LogP contribution < -0.4 is 10.6 Å². The van der Waals surface area contributed by atoms with Gasteiger partial charge in [-0.05, 0) is 25.3 Å². The third kappa shape index (κ3) is 5.17. The van der Waals surface area contributed by atoms with Crippen molar-refractivity contribution < 1.29 is 9.59 Å². The van der Waals surface area contributed by atoms with Gasteiger partial charge in [0.15, 0.2) is 0 Å². The second-order valence-electron chi connectivity index (χ2n) is 4.86. The zero-order chi connectivity index (χ0) is 12.8. The van der Waals surface area contributed by atoms with Crippen molar-refractivity contribution in [1.82, 2.24) is 15.5 Å². The van der Waals surface area contributed by atoms with E-state index >= 15 is 0 Å². The van der Waals surface area contributed by atoms with Crippen LogP contribution in [0, 0.1) is 11.8 Å². The lowest BCUT2D eigenvalue weighted by Crippen LogP contribution is -2.41. The van der Waals surface area contributed by atoms with Crippen molar-refractivity contribution in [3.8, 4) is 0 Å². The molecule has 0 radical (unpaired) electrons. The van der Waals surface area contributed by atoms with E-state index in [0.29, 0.717) is 13.1 Å². The molecule has 2 amide bonds. The van der Waals surface area contributed by atoms with Crippen molar-refractivity contribution in [2.24, 2.45) is 11.8 Å². The van der Waals surface area contributed by atoms with Gasteiger partial charge in [0.05, 0.1) is 12.5 Å². The smallest absolute Gasteiger partial charge is 0.236 e. The quantitative estimate of drug-likeness (QED) is 0.650. The van der Waals surface area contributed by atoms with E-state index in [1.807, 2.05) is 6.92 Å². The van der Waals surface area contributed by atoms with Gasteiger partial charge in [0.2, 0.25) is 11.8 Å². The molecular weight excluding hydrogens is 218 g/mol. The van der Waals surface area contributed by atoms with Gasteiger partial charge in [-0.25, -0.2) is 0 Å². The van der Waals surface area contributed by atoms with E-state index in [-0.39, 0.29) is 17.7 Å². The summed E-state index contributed by atoms with van der Waals surface area (Å²) in [5, 5.41) is 5.74. The number of hydrogen-bond donors (Lipinski definition) is 2. The maximum atomic E-state index is 11.7. The molecule has 0 aromatic rings. The summed E-state index contributed by atoms with van der Waals surface area (Å²) in [7, 11) is 3.35. The summed E-state index contributed by atoms with van der Waals surface area (Å²) >= 11 is 0. The lowest BCUT2D eigenvalue weighted by Gasteiger charge is -2.21. The molecule has 0 aromatic heterocycles. The van der Waals surface area contributed by atoms with Gasteiger partial charge in [-0.1, -0.05) is 6.92 Å². The van der Waals surface area contributed by atoms with Crippen LogP contribution in [0.25, 0.3) is 0 Å². The molecule has 2 N–H and O–H groups in total. The summed E-state index contributed by atoms with van der Waals surface area (Å²) in [5.41, 5.74) is 0. The molecule has 1 unspecified atom stereocenters. The normalized spacial score (nSPS) is 16.4. The second-order valence-corrected chi connectivity index (χ2v) is 4.86. The number of carbonyl (C=O) groups excluding carboxylic acids is 2. The molecule has 0 bridgehead atoms. The maximum Gasteiger partial charge on any atom is 0.236 e. The molecule has 0 aliphatic heterocycles. The Morgan fingerprint density at radius 1 is 1.41 bits per heavy atom. The standard InChI is InChI=1S/C12H23N3O2/c1-9(12(17)13-2)8-15(3)11(16)7-14-6-10-4-5-10/h9-10,14H,4-8H2,1-3H3,(H,13,17). The van der Waals surface area contributed by atoms with E-state index in [2.05, 4.69) is 10.6 Å². The van der Waals surface area contributed by atoms with Gasteiger partial charge < -0.3 is 15.5 Å². The lowest BCUT2D eigenvalue weighted by molar-refractivity contribution is -0.131.